The highest BCUT2D eigenvalue weighted by atomic mass is 19.4. The maximum absolute atomic E-state index is 12.2. The van der Waals surface area contributed by atoms with E-state index in [9.17, 15) is 27.9 Å². The van der Waals surface area contributed by atoms with E-state index in [0.29, 0.717) is 24.0 Å². The summed E-state index contributed by atoms with van der Waals surface area (Å²) in [5.41, 5.74) is 7.82. The van der Waals surface area contributed by atoms with Crippen molar-refractivity contribution in [2.24, 2.45) is 5.73 Å². The van der Waals surface area contributed by atoms with Crippen molar-refractivity contribution in [3.8, 4) is 11.8 Å². The summed E-state index contributed by atoms with van der Waals surface area (Å²) < 4.78 is 31.7. The van der Waals surface area contributed by atoms with Crippen LogP contribution < -0.4 is 16.4 Å². The van der Waals surface area contributed by atoms with Crippen LogP contribution in [0.15, 0.2) is 48.5 Å². The van der Waals surface area contributed by atoms with Gasteiger partial charge in [-0.25, -0.2) is 4.79 Å². The predicted molar refractivity (Wildman–Crippen MR) is 119 cm³/mol. The van der Waals surface area contributed by atoms with Crippen LogP contribution in [0.1, 0.15) is 30.0 Å². The number of aryl methyl sites for hydroxylation is 1. The van der Waals surface area contributed by atoms with Gasteiger partial charge in [-0.3, -0.25) is 9.59 Å². The number of nitrogens with zero attached hydrogens (tertiary/aromatic N) is 1. The van der Waals surface area contributed by atoms with E-state index >= 15 is 0 Å². The summed E-state index contributed by atoms with van der Waals surface area (Å²) in [6.07, 6.45) is -3.94. The van der Waals surface area contributed by atoms with E-state index in [1.165, 1.54) is 18.2 Å². The first-order chi connectivity index (χ1) is 16.3. The molecular formula is C23H25F3N4O5. The number of carboxylic acids is 1. The first-order valence-electron chi connectivity index (χ1n) is 10.2. The predicted octanol–water partition coefficient (Wildman–Crippen LogP) is 1.98. The molecule has 0 fully saturated rings. The topological polar surface area (TPSA) is 166 Å². The molecule has 0 saturated carbocycles. The van der Waals surface area contributed by atoms with Gasteiger partial charge in [0.15, 0.2) is 0 Å². The molecule has 0 spiro atoms. The lowest BCUT2D eigenvalue weighted by atomic mass is 10.1. The van der Waals surface area contributed by atoms with Crippen molar-refractivity contribution in [2.75, 3.05) is 0 Å². The molecule has 2 aromatic rings. The zero-order valence-electron chi connectivity index (χ0n) is 18.7. The van der Waals surface area contributed by atoms with E-state index in [1.54, 1.807) is 6.92 Å². The van der Waals surface area contributed by atoms with Gasteiger partial charge in [0.25, 0.3) is 0 Å². The molecule has 0 aliphatic carbocycles. The van der Waals surface area contributed by atoms with Crippen molar-refractivity contribution in [1.82, 2.24) is 10.6 Å². The number of phenols is 1. The van der Waals surface area contributed by atoms with Gasteiger partial charge in [0.2, 0.25) is 11.8 Å². The van der Waals surface area contributed by atoms with Crippen LogP contribution in [0.2, 0.25) is 0 Å². The summed E-state index contributed by atoms with van der Waals surface area (Å²) in [6, 6.07) is 14.6. The van der Waals surface area contributed by atoms with Crippen LogP contribution in [0.4, 0.5) is 13.2 Å². The number of aromatic hydroxyl groups is 1. The number of halogens is 3. The average molecular weight is 494 g/mol. The third-order valence-corrected chi connectivity index (χ3v) is 4.58. The largest absolute Gasteiger partial charge is 0.508 e. The SMILES string of the molecule is C[C@H](NC(=O)[C@H](N)CCc1ccccc1)C(=O)NCc1cc(C#N)ccc1O.O=C(O)C(F)(F)F. The summed E-state index contributed by atoms with van der Waals surface area (Å²) in [5.74, 6) is -3.58. The Labute approximate surface area is 199 Å². The number of alkyl halides is 3. The van der Waals surface area contributed by atoms with Gasteiger partial charge in [-0.15, -0.1) is 0 Å². The van der Waals surface area contributed by atoms with Gasteiger partial charge < -0.3 is 26.6 Å². The Morgan fingerprint density at radius 1 is 1.11 bits per heavy atom. The Kier molecular flexibility index (Phi) is 11.2. The van der Waals surface area contributed by atoms with Crippen molar-refractivity contribution in [3.63, 3.8) is 0 Å². The molecule has 2 rings (SSSR count). The van der Waals surface area contributed by atoms with Crippen LogP contribution >= 0.6 is 0 Å². The third kappa shape index (κ3) is 10.6. The molecule has 0 bridgehead atoms. The summed E-state index contributed by atoms with van der Waals surface area (Å²) in [4.78, 5) is 33.3. The lowest BCUT2D eigenvalue weighted by Crippen LogP contribution is -2.50. The van der Waals surface area contributed by atoms with E-state index in [4.69, 9.17) is 20.9 Å². The fourth-order valence-electron chi connectivity index (χ4n) is 2.62. The fraction of sp³-hybridized carbons (Fsp3) is 0.304. The minimum absolute atomic E-state index is 0.0149. The molecule has 12 heteroatoms. The average Bonchev–Trinajstić information content (AvgIpc) is 2.82. The zero-order valence-corrected chi connectivity index (χ0v) is 18.7. The van der Waals surface area contributed by atoms with Crippen LogP contribution in [-0.4, -0.2) is 46.3 Å². The number of benzene rings is 2. The van der Waals surface area contributed by atoms with Crippen LogP contribution in [-0.2, 0) is 27.3 Å². The van der Waals surface area contributed by atoms with E-state index in [1.807, 2.05) is 36.4 Å². The lowest BCUT2D eigenvalue weighted by Gasteiger charge is -2.17. The van der Waals surface area contributed by atoms with Crippen molar-refractivity contribution in [2.45, 2.75) is 44.6 Å². The number of rotatable bonds is 8. The molecule has 0 aromatic heterocycles. The van der Waals surface area contributed by atoms with Crippen LogP contribution in [0.25, 0.3) is 0 Å². The number of carbonyl (C=O) groups excluding carboxylic acids is 2. The molecule has 35 heavy (non-hydrogen) atoms. The highest BCUT2D eigenvalue weighted by molar-refractivity contribution is 5.89. The van der Waals surface area contributed by atoms with Gasteiger partial charge in [-0.05, 0) is 43.5 Å². The summed E-state index contributed by atoms with van der Waals surface area (Å²) in [5, 5.41) is 31.1. The molecule has 0 aliphatic heterocycles. The van der Waals surface area contributed by atoms with Crippen molar-refractivity contribution in [3.05, 3.63) is 65.2 Å². The van der Waals surface area contributed by atoms with Gasteiger partial charge in [0, 0.05) is 12.1 Å². The van der Waals surface area contributed by atoms with E-state index < -0.39 is 36.0 Å². The van der Waals surface area contributed by atoms with Gasteiger partial charge in [-0.1, -0.05) is 30.3 Å². The van der Waals surface area contributed by atoms with Gasteiger partial charge in [0.05, 0.1) is 17.7 Å². The molecule has 0 saturated heterocycles. The number of carbonyl (C=O) groups is 3. The van der Waals surface area contributed by atoms with E-state index in [0.717, 1.165) is 5.56 Å². The molecule has 2 aromatic carbocycles. The lowest BCUT2D eigenvalue weighted by molar-refractivity contribution is -0.192. The van der Waals surface area contributed by atoms with Gasteiger partial charge >= 0.3 is 12.1 Å². The Balaban J connectivity index is 0.000000762. The quantitative estimate of drug-likeness (QED) is 0.374. The number of nitriles is 1. The maximum Gasteiger partial charge on any atom is 0.490 e. The second-order valence-electron chi connectivity index (χ2n) is 7.34. The van der Waals surface area contributed by atoms with E-state index in [-0.39, 0.29) is 12.3 Å². The highest BCUT2D eigenvalue weighted by Crippen LogP contribution is 2.18. The standard InChI is InChI=1S/C21H24N4O3.C2HF3O2/c1-14(20(27)24-13-17-11-16(12-22)8-10-19(17)26)25-21(28)18(23)9-7-15-5-3-2-4-6-15;3-2(4,5)1(6)7/h2-6,8,10-11,14,18,26H,7,9,13,23H2,1H3,(H,24,27)(H,25,28);(H,6,7)/t14-,18+;/m0./s1. The van der Waals surface area contributed by atoms with Gasteiger partial charge in [-0.2, -0.15) is 18.4 Å². The van der Waals surface area contributed by atoms with Crippen LogP contribution in [0.3, 0.4) is 0 Å². The molecule has 2 amide bonds. The smallest absolute Gasteiger partial charge is 0.490 e. The minimum atomic E-state index is -5.08. The summed E-state index contributed by atoms with van der Waals surface area (Å²) >= 11 is 0. The number of hydrogen-bond donors (Lipinski definition) is 5. The Hall–Kier alpha value is -4.11. The molecular weight excluding hydrogens is 469 g/mol. The second-order valence-corrected chi connectivity index (χ2v) is 7.34. The zero-order chi connectivity index (χ0) is 26.6. The first-order valence-corrected chi connectivity index (χ1v) is 10.2. The molecule has 2 atom stereocenters. The minimum Gasteiger partial charge on any atom is -0.508 e. The maximum atomic E-state index is 12.2. The molecule has 0 aliphatic rings. The molecule has 0 radical (unpaired) electrons. The van der Waals surface area contributed by atoms with Crippen molar-refractivity contribution >= 4 is 17.8 Å². The first kappa shape index (κ1) is 28.9. The molecule has 188 valence electrons. The summed E-state index contributed by atoms with van der Waals surface area (Å²) in [7, 11) is 0. The Bertz CT molecular complexity index is 1060. The van der Waals surface area contributed by atoms with E-state index in [2.05, 4.69) is 10.6 Å². The Morgan fingerprint density at radius 3 is 2.26 bits per heavy atom. The van der Waals surface area contributed by atoms with Gasteiger partial charge in [0.1, 0.15) is 11.8 Å². The Morgan fingerprint density at radius 2 is 1.71 bits per heavy atom. The number of amides is 2. The number of hydrogen-bond acceptors (Lipinski definition) is 6. The molecule has 0 heterocycles. The van der Waals surface area contributed by atoms with Crippen LogP contribution in [0.5, 0.6) is 5.75 Å². The summed E-state index contributed by atoms with van der Waals surface area (Å²) in [6.45, 7) is 1.60. The molecule has 0 unspecified atom stereocenters. The molecule has 9 nitrogen and oxygen atoms in total. The molecule has 6 N–H and O–H groups in total. The number of carboxylic acid groups (broad SMARTS) is 1. The third-order valence-electron chi connectivity index (χ3n) is 4.58. The van der Waals surface area contributed by atoms with Crippen molar-refractivity contribution in [1.29, 1.82) is 5.26 Å². The highest BCUT2D eigenvalue weighted by Gasteiger charge is 2.38. The number of nitrogens with two attached hydrogens (primary N) is 1. The number of aliphatic carboxylic acids is 1. The number of nitrogens with one attached hydrogen (secondary N) is 2. The monoisotopic (exact) mass is 494 g/mol. The second kappa shape index (κ2) is 13.6. The van der Waals surface area contributed by atoms with Crippen LogP contribution in [0, 0.1) is 11.3 Å². The number of phenolic OH excluding ortho intramolecular Hbond substituents is 1. The normalized spacial score (nSPS) is 12.2. The van der Waals surface area contributed by atoms with Crippen molar-refractivity contribution < 1.29 is 37.8 Å². The fourth-order valence-corrected chi connectivity index (χ4v) is 2.62.